The van der Waals surface area contributed by atoms with E-state index in [1.54, 1.807) is 12.1 Å². The molecule has 0 aliphatic rings. The number of benzene rings is 2. The summed E-state index contributed by atoms with van der Waals surface area (Å²) in [6, 6.07) is 17.9. The van der Waals surface area contributed by atoms with E-state index in [1.165, 1.54) is 18.2 Å². The van der Waals surface area contributed by atoms with Gasteiger partial charge in [0.2, 0.25) is 0 Å². The molecule has 0 unspecified atom stereocenters. The van der Waals surface area contributed by atoms with Crippen molar-refractivity contribution in [2.75, 3.05) is 0 Å². The van der Waals surface area contributed by atoms with Gasteiger partial charge in [-0.3, -0.25) is 4.79 Å². The third kappa shape index (κ3) is 4.72. The topological polar surface area (TPSA) is 73.1 Å². The molecule has 1 atom stereocenters. The minimum Gasteiger partial charge on any atom is -0.508 e. The van der Waals surface area contributed by atoms with E-state index >= 15 is 0 Å². The van der Waals surface area contributed by atoms with Crippen molar-refractivity contribution in [3.05, 3.63) is 71.3 Å². The third-order valence-electron chi connectivity index (χ3n) is 3.65. The highest BCUT2D eigenvalue weighted by molar-refractivity contribution is 6.01. The molecule has 2 rings (SSSR count). The Labute approximate surface area is 142 Å². The second-order valence-corrected chi connectivity index (χ2v) is 5.49. The maximum atomic E-state index is 12.5. The minimum absolute atomic E-state index is 0.0396. The van der Waals surface area contributed by atoms with Crippen LogP contribution >= 0.6 is 0 Å². The molecule has 4 nitrogen and oxygen atoms in total. The summed E-state index contributed by atoms with van der Waals surface area (Å²) in [6.07, 6.45) is 3.24. The molecular formula is C20H20N2O2. The van der Waals surface area contributed by atoms with Gasteiger partial charge in [-0.2, -0.15) is 5.26 Å². The monoisotopic (exact) mass is 320 g/mol. The van der Waals surface area contributed by atoms with Gasteiger partial charge in [-0.1, -0.05) is 55.8 Å². The fourth-order valence-electron chi connectivity index (χ4n) is 2.42. The van der Waals surface area contributed by atoms with Crippen molar-refractivity contribution >= 4 is 12.0 Å². The van der Waals surface area contributed by atoms with E-state index in [2.05, 4.69) is 12.2 Å². The van der Waals surface area contributed by atoms with Gasteiger partial charge in [0, 0.05) is 0 Å². The van der Waals surface area contributed by atoms with Crippen molar-refractivity contribution < 1.29 is 9.90 Å². The summed E-state index contributed by atoms with van der Waals surface area (Å²) in [5, 5.41) is 21.5. The molecular weight excluding hydrogens is 300 g/mol. The van der Waals surface area contributed by atoms with Crippen LogP contribution in [0, 0.1) is 11.3 Å². The molecule has 0 saturated heterocycles. The zero-order valence-electron chi connectivity index (χ0n) is 13.6. The number of nitrogens with zero attached hydrogens (tertiary/aromatic N) is 1. The number of phenols is 1. The summed E-state index contributed by atoms with van der Waals surface area (Å²) in [6.45, 7) is 2.06. The number of nitrogens with one attached hydrogen (secondary N) is 1. The minimum atomic E-state index is -0.395. The van der Waals surface area contributed by atoms with Gasteiger partial charge in [0.1, 0.15) is 17.4 Å². The first-order valence-electron chi connectivity index (χ1n) is 7.90. The number of hydrogen-bond donors (Lipinski definition) is 2. The lowest BCUT2D eigenvalue weighted by atomic mass is 10.0. The number of nitriles is 1. The Morgan fingerprint density at radius 2 is 1.88 bits per heavy atom. The van der Waals surface area contributed by atoms with Gasteiger partial charge in [-0.25, -0.2) is 0 Å². The Bertz CT molecular complexity index is 743. The standard InChI is InChI=1S/C20H20N2O2/c1-2-6-19(16-7-4-3-5-8-16)22-20(24)17(14-21)13-15-9-11-18(23)12-10-15/h3-5,7-13,19,23H,2,6H2,1H3,(H,22,24)/t19-/m0/s1. The van der Waals surface area contributed by atoms with Crippen LogP contribution in [0.25, 0.3) is 6.08 Å². The molecule has 24 heavy (non-hydrogen) atoms. The molecule has 1 amide bonds. The maximum absolute atomic E-state index is 12.5. The second-order valence-electron chi connectivity index (χ2n) is 5.49. The highest BCUT2D eigenvalue weighted by Crippen LogP contribution is 2.19. The normalized spacial score (nSPS) is 12.2. The second kappa shape index (κ2) is 8.54. The predicted molar refractivity (Wildman–Crippen MR) is 93.9 cm³/mol. The van der Waals surface area contributed by atoms with Crippen LogP contribution in [0.15, 0.2) is 60.2 Å². The van der Waals surface area contributed by atoms with E-state index in [-0.39, 0.29) is 17.4 Å². The van der Waals surface area contributed by atoms with E-state index in [4.69, 9.17) is 0 Å². The smallest absolute Gasteiger partial charge is 0.262 e. The van der Waals surface area contributed by atoms with Crippen LogP contribution in [-0.4, -0.2) is 11.0 Å². The van der Waals surface area contributed by atoms with E-state index in [0.29, 0.717) is 5.56 Å². The van der Waals surface area contributed by atoms with Gasteiger partial charge in [0.15, 0.2) is 0 Å². The van der Waals surface area contributed by atoms with E-state index in [9.17, 15) is 15.2 Å². The summed E-state index contributed by atoms with van der Waals surface area (Å²) in [4.78, 5) is 12.5. The Balaban J connectivity index is 2.18. The molecule has 2 aromatic carbocycles. The predicted octanol–water partition coefficient (Wildman–Crippen LogP) is 3.96. The van der Waals surface area contributed by atoms with Crippen LogP contribution in [0.1, 0.15) is 36.9 Å². The molecule has 2 aromatic rings. The first-order valence-corrected chi connectivity index (χ1v) is 7.90. The van der Waals surface area contributed by atoms with Gasteiger partial charge in [-0.05, 0) is 35.8 Å². The third-order valence-corrected chi connectivity index (χ3v) is 3.65. The van der Waals surface area contributed by atoms with Gasteiger partial charge in [0.25, 0.3) is 5.91 Å². The van der Waals surface area contributed by atoms with Crippen molar-refractivity contribution in [2.45, 2.75) is 25.8 Å². The Morgan fingerprint density at radius 1 is 1.21 bits per heavy atom. The Morgan fingerprint density at radius 3 is 2.46 bits per heavy atom. The molecule has 0 aromatic heterocycles. The molecule has 0 fully saturated rings. The van der Waals surface area contributed by atoms with Crippen molar-refractivity contribution in [3.63, 3.8) is 0 Å². The highest BCUT2D eigenvalue weighted by Gasteiger charge is 2.16. The molecule has 122 valence electrons. The molecule has 0 aliphatic carbocycles. The average Bonchev–Trinajstić information content (AvgIpc) is 2.61. The van der Waals surface area contributed by atoms with Gasteiger partial charge in [0.05, 0.1) is 6.04 Å². The number of amides is 1. The lowest BCUT2D eigenvalue weighted by molar-refractivity contribution is -0.117. The number of aromatic hydroxyl groups is 1. The Kier molecular flexibility index (Phi) is 6.16. The molecule has 0 bridgehead atoms. The van der Waals surface area contributed by atoms with Crippen molar-refractivity contribution in [1.82, 2.24) is 5.32 Å². The van der Waals surface area contributed by atoms with E-state index in [1.807, 2.05) is 36.4 Å². The molecule has 4 heteroatoms. The van der Waals surface area contributed by atoms with Gasteiger partial charge < -0.3 is 10.4 Å². The van der Waals surface area contributed by atoms with Crippen LogP contribution < -0.4 is 5.32 Å². The zero-order chi connectivity index (χ0) is 17.4. The van der Waals surface area contributed by atoms with Crippen molar-refractivity contribution in [1.29, 1.82) is 5.26 Å². The number of carbonyl (C=O) groups excluding carboxylic acids is 1. The van der Waals surface area contributed by atoms with Crippen LogP contribution in [0.2, 0.25) is 0 Å². The summed E-state index contributed by atoms with van der Waals surface area (Å²) in [5.41, 5.74) is 1.75. The lowest BCUT2D eigenvalue weighted by Crippen LogP contribution is -2.29. The summed E-state index contributed by atoms with van der Waals surface area (Å²) >= 11 is 0. The van der Waals surface area contributed by atoms with Crippen LogP contribution in [0.5, 0.6) is 5.75 Å². The van der Waals surface area contributed by atoms with E-state index < -0.39 is 5.91 Å². The van der Waals surface area contributed by atoms with E-state index in [0.717, 1.165) is 18.4 Å². The lowest BCUT2D eigenvalue weighted by Gasteiger charge is -2.18. The molecule has 0 saturated carbocycles. The van der Waals surface area contributed by atoms with Crippen molar-refractivity contribution in [3.8, 4) is 11.8 Å². The molecule has 0 heterocycles. The van der Waals surface area contributed by atoms with Crippen molar-refractivity contribution in [2.24, 2.45) is 0 Å². The van der Waals surface area contributed by atoms with Gasteiger partial charge in [-0.15, -0.1) is 0 Å². The number of rotatable bonds is 6. The highest BCUT2D eigenvalue weighted by atomic mass is 16.3. The molecule has 0 radical (unpaired) electrons. The summed E-state index contributed by atoms with van der Waals surface area (Å²) in [7, 11) is 0. The molecule has 0 aliphatic heterocycles. The fraction of sp³-hybridized carbons (Fsp3) is 0.200. The first-order chi connectivity index (χ1) is 11.6. The summed E-state index contributed by atoms with van der Waals surface area (Å²) in [5.74, 6) is -0.255. The molecule has 2 N–H and O–H groups in total. The number of phenolic OH excluding ortho intramolecular Hbond substituents is 1. The van der Waals surface area contributed by atoms with Crippen LogP contribution in [0.3, 0.4) is 0 Å². The van der Waals surface area contributed by atoms with Gasteiger partial charge >= 0.3 is 0 Å². The quantitative estimate of drug-likeness (QED) is 0.625. The van der Waals surface area contributed by atoms with Crippen LogP contribution in [0.4, 0.5) is 0 Å². The number of hydrogen-bond acceptors (Lipinski definition) is 3. The zero-order valence-corrected chi connectivity index (χ0v) is 13.6. The van der Waals surface area contributed by atoms with Crippen LogP contribution in [-0.2, 0) is 4.79 Å². The average molecular weight is 320 g/mol. The summed E-state index contributed by atoms with van der Waals surface area (Å²) < 4.78 is 0. The fourth-order valence-corrected chi connectivity index (χ4v) is 2.42. The maximum Gasteiger partial charge on any atom is 0.262 e. The largest absolute Gasteiger partial charge is 0.508 e. The SMILES string of the molecule is CCC[C@H](NC(=O)C(C#N)=Cc1ccc(O)cc1)c1ccccc1. The first kappa shape index (κ1) is 17.3. The Hall–Kier alpha value is -3.06. The number of carbonyl (C=O) groups is 1. The molecule has 0 spiro atoms.